The summed E-state index contributed by atoms with van der Waals surface area (Å²) in [5, 5.41) is 13.9. The van der Waals surface area contributed by atoms with E-state index in [0.717, 1.165) is 6.42 Å². The number of methoxy groups -OCH3 is 1. The van der Waals surface area contributed by atoms with E-state index in [2.05, 4.69) is 26.2 Å². The molecule has 0 bridgehead atoms. The van der Waals surface area contributed by atoms with Crippen LogP contribution in [0.5, 0.6) is 0 Å². The number of aromatic nitrogens is 1. The minimum atomic E-state index is -0.468. The summed E-state index contributed by atoms with van der Waals surface area (Å²) in [6, 6.07) is 1.42. The van der Waals surface area contributed by atoms with Crippen LogP contribution in [0.3, 0.4) is 0 Å². The SMILES string of the molecule is COC1(CNc2ncc(Br)cc2[N+](=O)[O-])CCOC1. The van der Waals surface area contributed by atoms with Crippen molar-refractivity contribution < 1.29 is 14.4 Å². The Morgan fingerprint density at radius 2 is 2.53 bits per heavy atom. The summed E-state index contributed by atoms with van der Waals surface area (Å²) in [5.74, 6) is 0.233. The third-order valence-electron chi connectivity index (χ3n) is 3.11. The van der Waals surface area contributed by atoms with E-state index in [1.54, 1.807) is 7.11 Å². The molecule has 0 radical (unpaired) electrons. The van der Waals surface area contributed by atoms with Crippen molar-refractivity contribution in [1.29, 1.82) is 0 Å². The molecule has 1 saturated heterocycles. The molecule has 0 saturated carbocycles. The van der Waals surface area contributed by atoms with Gasteiger partial charge < -0.3 is 14.8 Å². The summed E-state index contributed by atoms with van der Waals surface area (Å²) in [4.78, 5) is 14.5. The molecule has 0 aromatic carbocycles. The Morgan fingerprint density at radius 1 is 1.74 bits per heavy atom. The lowest BCUT2D eigenvalue weighted by molar-refractivity contribution is -0.384. The second kappa shape index (κ2) is 5.81. The summed E-state index contributed by atoms with van der Waals surface area (Å²) in [7, 11) is 1.61. The van der Waals surface area contributed by atoms with E-state index in [1.807, 2.05) is 0 Å². The van der Waals surface area contributed by atoms with E-state index in [0.29, 0.717) is 24.2 Å². The lowest BCUT2D eigenvalue weighted by Gasteiger charge is -2.25. The predicted molar refractivity (Wildman–Crippen MR) is 72.3 cm³/mol. The third kappa shape index (κ3) is 3.20. The number of hydrogen-bond donors (Lipinski definition) is 1. The molecule has 1 aromatic rings. The van der Waals surface area contributed by atoms with Crippen molar-refractivity contribution >= 4 is 27.4 Å². The number of pyridine rings is 1. The van der Waals surface area contributed by atoms with Gasteiger partial charge in [-0.1, -0.05) is 0 Å². The van der Waals surface area contributed by atoms with Gasteiger partial charge in [-0.15, -0.1) is 0 Å². The molecule has 1 fully saturated rings. The molecule has 2 heterocycles. The van der Waals surface area contributed by atoms with Crippen LogP contribution in [0.25, 0.3) is 0 Å². The molecule has 1 aliphatic heterocycles. The lowest BCUT2D eigenvalue weighted by Crippen LogP contribution is -2.39. The molecule has 2 rings (SSSR count). The van der Waals surface area contributed by atoms with Crippen molar-refractivity contribution in [3.8, 4) is 0 Å². The van der Waals surface area contributed by atoms with Crippen LogP contribution in [-0.4, -0.2) is 42.4 Å². The summed E-state index contributed by atoms with van der Waals surface area (Å²) in [6.07, 6.45) is 2.26. The van der Waals surface area contributed by atoms with Crippen molar-refractivity contribution in [3.05, 3.63) is 26.9 Å². The van der Waals surface area contributed by atoms with Crippen molar-refractivity contribution in [2.45, 2.75) is 12.0 Å². The zero-order valence-corrected chi connectivity index (χ0v) is 12.0. The molecule has 0 amide bonds. The minimum Gasteiger partial charge on any atom is -0.378 e. The van der Waals surface area contributed by atoms with E-state index in [9.17, 15) is 10.1 Å². The largest absolute Gasteiger partial charge is 0.378 e. The second-order valence-corrected chi connectivity index (χ2v) is 5.24. The highest BCUT2D eigenvalue weighted by Crippen LogP contribution is 2.28. The molecule has 1 unspecified atom stereocenters. The summed E-state index contributed by atoms with van der Waals surface area (Å²) in [6.45, 7) is 1.52. The first kappa shape index (κ1) is 14.2. The number of nitrogens with one attached hydrogen (secondary N) is 1. The number of halogens is 1. The van der Waals surface area contributed by atoms with Gasteiger partial charge in [0.2, 0.25) is 5.82 Å². The predicted octanol–water partition coefficient (Wildman–Crippen LogP) is 1.97. The Labute approximate surface area is 118 Å². The smallest absolute Gasteiger partial charge is 0.312 e. The first-order chi connectivity index (χ1) is 9.06. The van der Waals surface area contributed by atoms with Crippen LogP contribution in [0, 0.1) is 10.1 Å². The van der Waals surface area contributed by atoms with E-state index in [1.165, 1.54) is 12.3 Å². The molecule has 0 spiro atoms. The van der Waals surface area contributed by atoms with Crippen molar-refractivity contribution in [2.75, 3.05) is 32.2 Å². The van der Waals surface area contributed by atoms with E-state index >= 15 is 0 Å². The maximum Gasteiger partial charge on any atom is 0.312 e. The van der Waals surface area contributed by atoms with Gasteiger partial charge in [0.25, 0.3) is 0 Å². The molecule has 8 heteroatoms. The maximum absolute atomic E-state index is 11.0. The highest BCUT2D eigenvalue weighted by atomic mass is 79.9. The fraction of sp³-hybridized carbons (Fsp3) is 0.545. The monoisotopic (exact) mass is 331 g/mol. The van der Waals surface area contributed by atoms with E-state index in [-0.39, 0.29) is 11.5 Å². The highest BCUT2D eigenvalue weighted by Gasteiger charge is 2.35. The molecule has 7 nitrogen and oxygen atoms in total. The molecule has 0 aliphatic carbocycles. The van der Waals surface area contributed by atoms with Gasteiger partial charge in [0.1, 0.15) is 5.60 Å². The van der Waals surface area contributed by atoms with Crippen molar-refractivity contribution in [1.82, 2.24) is 4.98 Å². The van der Waals surface area contributed by atoms with Gasteiger partial charge in [-0.2, -0.15) is 0 Å². The number of rotatable bonds is 5. The van der Waals surface area contributed by atoms with E-state index in [4.69, 9.17) is 9.47 Å². The van der Waals surface area contributed by atoms with Crippen LogP contribution < -0.4 is 5.32 Å². The van der Waals surface area contributed by atoms with Crippen LogP contribution >= 0.6 is 15.9 Å². The quantitative estimate of drug-likeness (QED) is 0.655. The van der Waals surface area contributed by atoms with Gasteiger partial charge in [0, 0.05) is 43.4 Å². The summed E-state index contributed by atoms with van der Waals surface area (Å²) in [5.41, 5.74) is -0.512. The molecular weight excluding hydrogens is 318 g/mol. The Bertz CT molecular complexity index is 477. The average Bonchev–Trinajstić information content (AvgIpc) is 2.86. The average molecular weight is 332 g/mol. The van der Waals surface area contributed by atoms with Gasteiger partial charge in [-0.05, 0) is 15.9 Å². The van der Waals surface area contributed by atoms with Gasteiger partial charge >= 0.3 is 5.69 Å². The van der Waals surface area contributed by atoms with Gasteiger partial charge in [0.05, 0.1) is 11.5 Å². The molecule has 1 atom stereocenters. The number of hydrogen-bond acceptors (Lipinski definition) is 6. The molecular formula is C11H14BrN3O4. The first-order valence-corrected chi connectivity index (χ1v) is 6.52. The van der Waals surface area contributed by atoms with Crippen LogP contribution in [0.15, 0.2) is 16.7 Å². The zero-order chi connectivity index (χ0) is 13.9. The number of anilines is 1. The van der Waals surface area contributed by atoms with Crippen LogP contribution in [-0.2, 0) is 9.47 Å². The Balaban J connectivity index is 2.13. The zero-order valence-electron chi connectivity index (χ0n) is 10.4. The van der Waals surface area contributed by atoms with Crippen LogP contribution in [0.2, 0.25) is 0 Å². The lowest BCUT2D eigenvalue weighted by atomic mass is 10.0. The number of nitrogens with zero attached hydrogens (tertiary/aromatic N) is 2. The molecule has 19 heavy (non-hydrogen) atoms. The molecule has 104 valence electrons. The number of nitro groups is 1. The fourth-order valence-corrected chi connectivity index (χ4v) is 2.23. The molecule has 1 aromatic heterocycles. The van der Waals surface area contributed by atoms with E-state index < -0.39 is 10.5 Å². The number of ether oxygens (including phenoxy) is 2. The normalized spacial score (nSPS) is 22.4. The van der Waals surface area contributed by atoms with Crippen molar-refractivity contribution in [2.24, 2.45) is 0 Å². The van der Waals surface area contributed by atoms with Gasteiger partial charge in [-0.25, -0.2) is 4.98 Å². The third-order valence-corrected chi connectivity index (χ3v) is 3.54. The minimum absolute atomic E-state index is 0.0699. The topological polar surface area (TPSA) is 86.5 Å². The first-order valence-electron chi connectivity index (χ1n) is 5.73. The van der Waals surface area contributed by atoms with Gasteiger partial charge in [0.15, 0.2) is 0 Å². The Hall–Kier alpha value is -1.25. The standard InChI is InChI=1S/C11H14BrN3O4/c1-18-11(2-3-19-7-11)6-14-10-9(15(16)17)4-8(12)5-13-10/h4-5H,2-3,6-7H2,1H3,(H,13,14). The van der Waals surface area contributed by atoms with Crippen molar-refractivity contribution in [3.63, 3.8) is 0 Å². The van der Waals surface area contributed by atoms with Crippen LogP contribution in [0.4, 0.5) is 11.5 Å². The highest BCUT2D eigenvalue weighted by molar-refractivity contribution is 9.10. The summed E-state index contributed by atoms with van der Waals surface area (Å²) >= 11 is 3.17. The fourth-order valence-electron chi connectivity index (χ4n) is 1.91. The molecule has 1 aliphatic rings. The Morgan fingerprint density at radius 3 is 3.11 bits per heavy atom. The maximum atomic E-state index is 11.0. The Kier molecular flexibility index (Phi) is 4.33. The van der Waals surface area contributed by atoms with Gasteiger partial charge in [-0.3, -0.25) is 10.1 Å². The molecule has 1 N–H and O–H groups in total. The summed E-state index contributed by atoms with van der Waals surface area (Å²) < 4.78 is 11.3. The second-order valence-electron chi connectivity index (χ2n) is 4.32. The van der Waals surface area contributed by atoms with Crippen LogP contribution in [0.1, 0.15) is 6.42 Å².